The maximum atomic E-state index is 13.3. The third-order valence-corrected chi connectivity index (χ3v) is 3.85. The van der Waals surface area contributed by atoms with Crippen molar-refractivity contribution in [1.82, 2.24) is 5.32 Å². The number of halogens is 2. The standard InChI is InChI=1S/C14H17BrFNO2/c15-12-5-4-10(9-13(12)16)14(18)17-7-6-11-3-1-2-8-19-11/h4-5,9,11H,1-3,6-8H2,(H,17,18). The van der Waals surface area contributed by atoms with Crippen molar-refractivity contribution in [3.05, 3.63) is 34.1 Å². The minimum absolute atomic E-state index is 0.246. The molecule has 0 aliphatic carbocycles. The average Bonchev–Trinajstić information content (AvgIpc) is 2.43. The maximum absolute atomic E-state index is 13.3. The molecule has 1 aliphatic rings. The fourth-order valence-corrected chi connectivity index (χ4v) is 2.37. The van der Waals surface area contributed by atoms with Crippen molar-refractivity contribution in [1.29, 1.82) is 0 Å². The van der Waals surface area contributed by atoms with E-state index in [0.717, 1.165) is 25.9 Å². The molecule has 1 fully saturated rings. The predicted molar refractivity (Wildman–Crippen MR) is 74.6 cm³/mol. The topological polar surface area (TPSA) is 38.3 Å². The molecule has 1 aromatic rings. The molecule has 0 radical (unpaired) electrons. The molecule has 5 heteroatoms. The number of amides is 1. The van der Waals surface area contributed by atoms with E-state index in [9.17, 15) is 9.18 Å². The molecule has 2 rings (SSSR count). The molecule has 0 aromatic heterocycles. The van der Waals surface area contributed by atoms with Crippen LogP contribution in [0.4, 0.5) is 4.39 Å². The molecule has 1 unspecified atom stereocenters. The van der Waals surface area contributed by atoms with Gasteiger partial charge in [0.1, 0.15) is 5.82 Å². The van der Waals surface area contributed by atoms with Gasteiger partial charge in [-0.3, -0.25) is 4.79 Å². The van der Waals surface area contributed by atoms with E-state index in [1.54, 1.807) is 6.07 Å². The second kappa shape index (κ2) is 7.01. The molecular weight excluding hydrogens is 313 g/mol. The first kappa shape index (κ1) is 14.5. The van der Waals surface area contributed by atoms with E-state index in [1.165, 1.54) is 18.6 Å². The molecule has 0 spiro atoms. The summed E-state index contributed by atoms with van der Waals surface area (Å²) < 4.78 is 19.2. The van der Waals surface area contributed by atoms with Gasteiger partial charge in [0.05, 0.1) is 10.6 Å². The van der Waals surface area contributed by atoms with E-state index in [0.29, 0.717) is 16.6 Å². The Morgan fingerprint density at radius 2 is 2.32 bits per heavy atom. The monoisotopic (exact) mass is 329 g/mol. The molecule has 3 nitrogen and oxygen atoms in total. The van der Waals surface area contributed by atoms with Crippen LogP contribution in [0.1, 0.15) is 36.0 Å². The van der Waals surface area contributed by atoms with Crippen molar-refractivity contribution in [3.8, 4) is 0 Å². The lowest BCUT2D eigenvalue weighted by Gasteiger charge is -2.22. The highest BCUT2D eigenvalue weighted by Gasteiger charge is 2.14. The van der Waals surface area contributed by atoms with E-state index >= 15 is 0 Å². The van der Waals surface area contributed by atoms with Gasteiger partial charge in [-0.05, 0) is 59.8 Å². The Balaban J connectivity index is 1.78. The molecule has 0 saturated carbocycles. The maximum Gasteiger partial charge on any atom is 0.251 e. The lowest BCUT2D eigenvalue weighted by atomic mass is 10.1. The highest BCUT2D eigenvalue weighted by atomic mass is 79.9. The Morgan fingerprint density at radius 1 is 1.47 bits per heavy atom. The van der Waals surface area contributed by atoms with Crippen LogP contribution in [0.5, 0.6) is 0 Å². The first-order chi connectivity index (χ1) is 9.16. The SMILES string of the molecule is O=C(NCCC1CCCCO1)c1ccc(Br)c(F)c1. The molecule has 1 N–H and O–H groups in total. The first-order valence-corrected chi connectivity index (χ1v) is 7.31. The van der Waals surface area contributed by atoms with E-state index in [1.807, 2.05) is 0 Å². The van der Waals surface area contributed by atoms with Gasteiger partial charge in [-0.15, -0.1) is 0 Å². The van der Waals surface area contributed by atoms with Gasteiger partial charge in [0.2, 0.25) is 0 Å². The summed E-state index contributed by atoms with van der Waals surface area (Å²) in [6.45, 7) is 1.37. The highest BCUT2D eigenvalue weighted by Crippen LogP contribution is 2.17. The quantitative estimate of drug-likeness (QED) is 0.920. The average molecular weight is 330 g/mol. The molecule has 0 bridgehead atoms. The van der Waals surface area contributed by atoms with Crippen LogP contribution in [0.2, 0.25) is 0 Å². The van der Waals surface area contributed by atoms with Crippen molar-refractivity contribution in [2.24, 2.45) is 0 Å². The van der Waals surface area contributed by atoms with Crippen LogP contribution in [-0.2, 0) is 4.74 Å². The molecule has 1 saturated heterocycles. The zero-order chi connectivity index (χ0) is 13.7. The summed E-state index contributed by atoms with van der Waals surface area (Å²) in [5.41, 5.74) is 0.338. The summed E-state index contributed by atoms with van der Waals surface area (Å²) in [6, 6.07) is 4.37. The van der Waals surface area contributed by atoms with Crippen LogP contribution < -0.4 is 5.32 Å². The number of hydrogen-bond donors (Lipinski definition) is 1. The van der Waals surface area contributed by atoms with Crippen LogP contribution in [0.15, 0.2) is 22.7 Å². The summed E-state index contributed by atoms with van der Waals surface area (Å²) in [7, 11) is 0. The lowest BCUT2D eigenvalue weighted by Crippen LogP contribution is -2.29. The Morgan fingerprint density at radius 3 is 3.00 bits per heavy atom. The van der Waals surface area contributed by atoms with Gasteiger partial charge in [0, 0.05) is 18.7 Å². The number of benzene rings is 1. The zero-order valence-corrected chi connectivity index (χ0v) is 12.2. The Bertz CT molecular complexity index is 447. The van der Waals surface area contributed by atoms with Gasteiger partial charge < -0.3 is 10.1 Å². The number of ether oxygens (including phenoxy) is 1. The van der Waals surface area contributed by atoms with Crippen LogP contribution >= 0.6 is 15.9 Å². The molecule has 1 amide bonds. The van der Waals surface area contributed by atoms with E-state index in [4.69, 9.17) is 4.74 Å². The largest absolute Gasteiger partial charge is 0.378 e. The summed E-state index contributed by atoms with van der Waals surface area (Å²) in [5.74, 6) is -0.675. The van der Waals surface area contributed by atoms with Crippen molar-refractivity contribution in [2.45, 2.75) is 31.8 Å². The lowest BCUT2D eigenvalue weighted by molar-refractivity contribution is 0.0117. The normalized spacial score (nSPS) is 19.2. The molecule has 1 aromatic carbocycles. The fraction of sp³-hybridized carbons (Fsp3) is 0.500. The van der Waals surface area contributed by atoms with Gasteiger partial charge in [-0.25, -0.2) is 4.39 Å². The zero-order valence-electron chi connectivity index (χ0n) is 10.6. The van der Waals surface area contributed by atoms with Crippen LogP contribution in [0.25, 0.3) is 0 Å². The predicted octanol–water partition coefficient (Wildman–Crippen LogP) is 3.28. The van der Waals surface area contributed by atoms with Crippen molar-refractivity contribution in [3.63, 3.8) is 0 Å². The van der Waals surface area contributed by atoms with Gasteiger partial charge in [-0.1, -0.05) is 0 Å². The second-order valence-electron chi connectivity index (χ2n) is 4.66. The Kier molecular flexibility index (Phi) is 5.34. The summed E-state index contributed by atoms with van der Waals surface area (Å²) in [4.78, 5) is 11.8. The van der Waals surface area contributed by atoms with Gasteiger partial charge in [0.15, 0.2) is 0 Å². The molecular formula is C14H17BrFNO2. The molecule has 1 aliphatic heterocycles. The summed E-state index contributed by atoms with van der Waals surface area (Å²) >= 11 is 3.06. The van der Waals surface area contributed by atoms with E-state index < -0.39 is 5.82 Å². The number of carbonyl (C=O) groups excluding carboxylic acids is 1. The molecule has 1 heterocycles. The minimum atomic E-state index is -0.428. The Labute approximate surface area is 120 Å². The highest BCUT2D eigenvalue weighted by molar-refractivity contribution is 9.10. The van der Waals surface area contributed by atoms with Gasteiger partial charge in [-0.2, -0.15) is 0 Å². The number of rotatable bonds is 4. The molecule has 104 valence electrons. The Hall–Kier alpha value is -0.940. The van der Waals surface area contributed by atoms with Gasteiger partial charge >= 0.3 is 0 Å². The third kappa shape index (κ3) is 4.28. The van der Waals surface area contributed by atoms with Crippen molar-refractivity contribution in [2.75, 3.05) is 13.2 Å². The summed E-state index contributed by atoms with van der Waals surface area (Å²) in [5, 5.41) is 2.79. The molecule has 19 heavy (non-hydrogen) atoms. The van der Waals surface area contributed by atoms with Crippen molar-refractivity contribution >= 4 is 21.8 Å². The minimum Gasteiger partial charge on any atom is -0.378 e. The third-order valence-electron chi connectivity index (χ3n) is 3.21. The fourth-order valence-electron chi connectivity index (χ4n) is 2.12. The first-order valence-electron chi connectivity index (χ1n) is 6.51. The molecule has 1 atom stereocenters. The summed E-state index contributed by atoms with van der Waals surface area (Å²) in [6.07, 6.45) is 4.43. The van der Waals surface area contributed by atoms with E-state index in [2.05, 4.69) is 21.2 Å². The van der Waals surface area contributed by atoms with Gasteiger partial charge in [0.25, 0.3) is 5.91 Å². The number of hydrogen-bond acceptors (Lipinski definition) is 2. The smallest absolute Gasteiger partial charge is 0.251 e. The van der Waals surface area contributed by atoms with Crippen LogP contribution in [-0.4, -0.2) is 25.2 Å². The van der Waals surface area contributed by atoms with Crippen LogP contribution in [0, 0.1) is 5.82 Å². The van der Waals surface area contributed by atoms with Crippen LogP contribution in [0.3, 0.4) is 0 Å². The second-order valence-corrected chi connectivity index (χ2v) is 5.52. The van der Waals surface area contributed by atoms with Crippen molar-refractivity contribution < 1.29 is 13.9 Å². The van der Waals surface area contributed by atoms with E-state index in [-0.39, 0.29) is 12.0 Å². The number of nitrogens with one attached hydrogen (secondary N) is 1. The number of carbonyl (C=O) groups is 1.